The molecule has 5 heteroatoms. The largest absolute Gasteiger partial charge is 0.469 e. The van der Waals surface area contributed by atoms with Gasteiger partial charge in [0.25, 0.3) is 0 Å². The molecule has 0 bridgehead atoms. The lowest BCUT2D eigenvalue weighted by Crippen LogP contribution is -2.21. The summed E-state index contributed by atoms with van der Waals surface area (Å²) in [5.74, 6) is -1.14. The summed E-state index contributed by atoms with van der Waals surface area (Å²) in [5, 5.41) is 11.6. The third-order valence-corrected chi connectivity index (χ3v) is 3.44. The van der Waals surface area contributed by atoms with E-state index in [-0.39, 0.29) is 0 Å². The number of fused-ring (bicyclic) bond motifs is 1. The van der Waals surface area contributed by atoms with Crippen LogP contribution in [0.2, 0.25) is 5.02 Å². The van der Waals surface area contributed by atoms with Gasteiger partial charge in [0.1, 0.15) is 0 Å². The van der Waals surface area contributed by atoms with Crippen molar-refractivity contribution in [3.05, 3.63) is 41.0 Å². The number of halogens is 1. The van der Waals surface area contributed by atoms with Crippen molar-refractivity contribution in [2.75, 3.05) is 7.11 Å². The van der Waals surface area contributed by atoms with Gasteiger partial charge >= 0.3 is 5.97 Å². The zero-order chi connectivity index (χ0) is 14.0. The number of esters is 1. The minimum Gasteiger partial charge on any atom is -0.469 e. The molecular weight excluding hydrogens is 266 g/mol. The third kappa shape index (κ3) is 2.55. The highest BCUT2D eigenvalue weighted by Crippen LogP contribution is 2.31. The van der Waals surface area contributed by atoms with E-state index in [1.165, 1.54) is 7.11 Å². The maximum absolute atomic E-state index is 11.5. The van der Waals surface area contributed by atoms with Crippen LogP contribution >= 0.6 is 11.6 Å². The summed E-state index contributed by atoms with van der Waals surface area (Å²) in [6.07, 6.45) is 0.639. The monoisotopic (exact) mass is 279 g/mol. The predicted molar refractivity (Wildman–Crippen MR) is 72.9 cm³/mol. The predicted octanol–water partition coefficient (Wildman–Crippen LogP) is 2.73. The van der Waals surface area contributed by atoms with Gasteiger partial charge in [-0.2, -0.15) is 0 Å². The lowest BCUT2D eigenvalue weighted by Gasteiger charge is -2.18. The molecule has 19 heavy (non-hydrogen) atoms. The van der Waals surface area contributed by atoms with Crippen LogP contribution in [0.15, 0.2) is 30.5 Å². The average Bonchev–Trinajstić information content (AvgIpc) is 2.45. The third-order valence-electron chi connectivity index (χ3n) is 3.11. The molecule has 2 unspecified atom stereocenters. The van der Waals surface area contributed by atoms with Crippen molar-refractivity contribution in [2.24, 2.45) is 5.92 Å². The molecule has 2 aromatic rings. The number of hydrogen-bond acceptors (Lipinski definition) is 4. The van der Waals surface area contributed by atoms with Crippen LogP contribution in [0.25, 0.3) is 10.9 Å². The summed E-state index contributed by atoms with van der Waals surface area (Å²) in [5.41, 5.74) is 1.16. The minimum atomic E-state index is -0.984. The Bertz CT molecular complexity index is 615. The highest BCUT2D eigenvalue weighted by molar-refractivity contribution is 6.35. The van der Waals surface area contributed by atoms with E-state index in [1.54, 1.807) is 31.3 Å². The molecule has 0 fully saturated rings. The number of aliphatic hydroxyl groups is 1. The smallest absolute Gasteiger partial charge is 0.311 e. The Morgan fingerprint density at radius 1 is 1.42 bits per heavy atom. The second-order valence-electron chi connectivity index (χ2n) is 4.29. The first-order chi connectivity index (χ1) is 9.06. The molecule has 0 aliphatic rings. The SMILES string of the molecule is COC(=O)C(C)C(O)c1ccc(Cl)c2cccnc12. The van der Waals surface area contributed by atoms with Crippen LogP contribution in [0.4, 0.5) is 0 Å². The van der Waals surface area contributed by atoms with Crippen molar-refractivity contribution in [3.63, 3.8) is 0 Å². The van der Waals surface area contributed by atoms with Crippen LogP contribution in [0.5, 0.6) is 0 Å². The molecule has 0 spiro atoms. The lowest BCUT2D eigenvalue weighted by molar-refractivity contribution is -0.148. The molecule has 100 valence electrons. The van der Waals surface area contributed by atoms with Crippen molar-refractivity contribution >= 4 is 28.5 Å². The Kier molecular flexibility index (Phi) is 4.02. The van der Waals surface area contributed by atoms with Crippen LogP contribution in [-0.2, 0) is 9.53 Å². The number of nitrogens with zero attached hydrogens (tertiary/aromatic N) is 1. The van der Waals surface area contributed by atoms with E-state index in [0.29, 0.717) is 16.1 Å². The summed E-state index contributed by atoms with van der Waals surface area (Å²) in [6.45, 7) is 1.61. The van der Waals surface area contributed by atoms with E-state index in [2.05, 4.69) is 9.72 Å². The van der Waals surface area contributed by atoms with Crippen LogP contribution in [0, 0.1) is 5.92 Å². The van der Waals surface area contributed by atoms with Gasteiger partial charge in [0, 0.05) is 22.2 Å². The van der Waals surface area contributed by atoms with E-state index in [1.807, 2.05) is 6.07 Å². The average molecular weight is 280 g/mol. The number of hydrogen-bond donors (Lipinski definition) is 1. The van der Waals surface area contributed by atoms with Crippen molar-refractivity contribution < 1.29 is 14.6 Å². The number of aromatic nitrogens is 1. The Morgan fingerprint density at radius 3 is 2.84 bits per heavy atom. The summed E-state index contributed by atoms with van der Waals surface area (Å²) < 4.78 is 4.65. The first-order valence-electron chi connectivity index (χ1n) is 5.85. The fourth-order valence-corrected chi connectivity index (χ4v) is 2.20. The number of aliphatic hydroxyl groups excluding tert-OH is 1. The lowest BCUT2D eigenvalue weighted by atomic mass is 9.95. The first-order valence-corrected chi connectivity index (χ1v) is 6.23. The second-order valence-corrected chi connectivity index (χ2v) is 4.70. The van der Waals surface area contributed by atoms with E-state index >= 15 is 0 Å². The number of carbonyl (C=O) groups is 1. The van der Waals surface area contributed by atoms with Crippen molar-refractivity contribution in [2.45, 2.75) is 13.0 Å². The summed E-state index contributed by atoms with van der Waals surface area (Å²) in [7, 11) is 1.30. The quantitative estimate of drug-likeness (QED) is 0.878. The van der Waals surface area contributed by atoms with Gasteiger partial charge in [-0.25, -0.2) is 0 Å². The zero-order valence-electron chi connectivity index (χ0n) is 10.6. The van der Waals surface area contributed by atoms with Crippen LogP contribution in [0.3, 0.4) is 0 Å². The highest BCUT2D eigenvalue weighted by atomic mass is 35.5. The van der Waals surface area contributed by atoms with Gasteiger partial charge in [-0.05, 0) is 25.1 Å². The number of rotatable bonds is 3. The molecular formula is C14H14ClNO3. The van der Waals surface area contributed by atoms with Crippen LogP contribution in [-0.4, -0.2) is 23.2 Å². The number of ether oxygens (including phenoxy) is 1. The summed E-state index contributed by atoms with van der Waals surface area (Å²) in [6, 6.07) is 6.97. The Balaban J connectivity index is 2.51. The molecule has 4 nitrogen and oxygen atoms in total. The molecule has 1 aromatic heterocycles. The zero-order valence-corrected chi connectivity index (χ0v) is 11.4. The molecule has 0 amide bonds. The molecule has 1 heterocycles. The molecule has 1 aromatic carbocycles. The van der Waals surface area contributed by atoms with Crippen LogP contribution < -0.4 is 0 Å². The maximum Gasteiger partial charge on any atom is 0.311 e. The summed E-state index contributed by atoms with van der Waals surface area (Å²) >= 11 is 6.09. The number of methoxy groups -OCH3 is 1. The molecule has 0 aliphatic heterocycles. The molecule has 0 radical (unpaired) electrons. The minimum absolute atomic E-state index is 0.466. The van der Waals surface area contributed by atoms with Gasteiger partial charge in [0.2, 0.25) is 0 Å². The topological polar surface area (TPSA) is 59.4 Å². The van der Waals surface area contributed by atoms with Gasteiger partial charge in [0.05, 0.1) is 24.6 Å². The molecule has 0 saturated carbocycles. The van der Waals surface area contributed by atoms with E-state index in [0.717, 1.165) is 5.39 Å². The van der Waals surface area contributed by atoms with E-state index in [9.17, 15) is 9.90 Å². The second kappa shape index (κ2) is 5.55. The fraction of sp³-hybridized carbons (Fsp3) is 0.286. The Labute approximate surface area is 116 Å². The normalized spacial score (nSPS) is 14.1. The maximum atomic E-state index is 11.5. The fourth-order valence-electron chi connectivity index (χ4n) is 1.98. The molecule has 2 atom stereocenters. The van der Waals surface area contributed by atoms with Crippen molar-refractivity contribution in [3.8, 4) is 0 Å². The number of pyridine rings is 1. The molecule has 0 saturated heterocycles. The first kappa shape index (κ1) is 13.8. The van der Waals surface area contributed by atoms with Gasteiger partial charge in [-0.15, -0.1) is 0 Å². The van der Waals surface area contributed by atoms with E-state index < -0.39 is 18.0 Å². The highest BCUT2D eigenvalue weighted by Gasteiger charge is 2.26. The van der Waals surface area contributed by atoms with E-state index in [4.69, 9.17) is 11.6 Å². The van der Waals surface area contributed by atoms with Gasteiger partial charge in [0.15, 0.2) is 0 Å². The molecule has 2 rings (SSSR count). The Morgan fingerprint density at radius 2 is 2.16 bits per heavy atom. The van der Waals surface area contributed by atoms with Gasteiger partial charge in [-0.3, -0.25) is 9.78 Å². The number of benzene rings is 1. The standard InChI is InChI=1S/C14H14ClNO3/c1-8(14(18)19-2)13(17)10-5-6-11(15)9-4-3-7-16-12(9)10/h3-8,13,17H,1-2H3. The molecule has 0 aliphatic carbocycles. The van der Waals surface area contributed by atoms with Crippen molar-refractivity contribution in [1.82, 2.24) is 4.98 Å². The summed E-state index contributed by atoms with van der Waals surface area (Å²) in [4.78, 5) is 15.7. The number of carbonyl (C=O) groups excluding carboxylic acids is 1. The molecule has 1 N–H and O–H groups in total. The Hall–Kier alpha value is -1.65. The van der Waals surface area contributed by atoms with Gasteiger partial charge in [-0.1, -0.05) is 17.7 Å². The van der Waals surface area contributed by atoms with Crippen molar-refractivity contribution in [1.29, 1.82) is 0 Å². The van der Waals surface area contributed by atoms with Crippen LogP contribution in [0.1, 0.15) is 18.6 Å². The van der Waals surface area contributed by atoms with Gasteiger partial charge < -0.3 is 9.84 Å².